The molecule has 0 heterocycles. The molecule has 3 unspecified atom stereocenters. The molecule has 2 aliphatic rings. The molecule has 2 fully saturated rings. The van der Waals surface area contributed by atoms with Crippen molar-refractivity contribution in [3.8, 4) is 0 Å². The van der Waals surface area contributed by atoms with Crippen LogP contribution >= 0.6 is 15.9 Å². The van der Waals surface area contributed by atoms with Crippen LogP contribution in [0.15, 0.2) is 22.7 Å². The van der Waals surface area contributed by atoms with E-state index in [0.717, 1.165) is 23.7 Å². The molecule has 1 nitrogen and oxygen atoms in total. The Morgan fingerprint density at radius 3 is 2.58 bits per heavy atom. The van der Waals surface area contributed by atoms with Crippen LogP contribution in [0.2, 0.25) is 0 Å². The van der Waals surface area contributed by atoms with E-state index < -0.39 is 5.60 Å². The summed E-state index contributed by atoms with van der Waals surface area (Å²) in [4.78, 5) is 0. The predicted octanol–water partition coefficient (Wildman–Crippen LogP) is 4.62. The maximum atomic E-state index is 14.3. The van der Waals surface area contributed by atoms with E-state index in [9.17, 15) is 9.50 Å². The molecule has 1 aromatic carbocycles. The first-order valence-electron chi connectivity index (χ1n) is 6.90. The highest BCUT2D eigenvalue weighted by Crippen LogP contribution is 2.71. The summed E-state index contributed by atoms with van der Waals surface area (Å²) in [6.07, 6.45) is 3.10. The van der Waals surface area contributed by atoms with Gasteiger partial charge >= 0.3 is 0 Å². The zero-order valence-corrected chi connectivity index (χ0v) is 13.2. The van der Waals surface area contributed by atoms with Crippen LogP contribution < -0.4 is 0 Å². The number of hydrogen-bond donors (Lipinski definition) is 1. The summed E-state index contributed by atoms with van der Waals surface area (Å²) in [5.41, 5.74) is -1.14. The molecule has 0 amide bonds. The van der Waals surface area contributed by atoms with Gasteiger partial charge in [0.1, 0.15) is 11.4 Å². The zero-order chi connectivity index (χ0) is 14.1. The van der Waals surface area contributed by atoms with Crippen molar-refractivity contribution >= 4 is 15.9 Å². The zero-order valence-electron chi connectivity index (χ0n) is 11.6. The quantitative estimate of drug-likeness (QED) is 0.798. The molecule has 0 aromatic heterocycles. The van der Waals surface area contributed by atoms with Gasteiger partial charge in [-0.1, -0.05) is 36.7 Å². The van der Waals surface area contributed by atoms with Gasteiger partial charge in [-0.25, -0.2) is 4.39 Å². The molecule has 3 rings (SSSR count). The van der Waals surface area contributed by atoms with Crippen molar-refractivity contribution in [2.24, 2.45) is 16.7 Å². The Labute approximate surface area is 122 Å². The number of rotatable bonds is 1. The first-order valence-corrected chi connectivity index (χ1v) is 7.69. The number of benzene rings is 1. The Morgan fingerprint density at radius 2 is 2.00 bits per heavy atom. The van der Waals surface area contributed by atoms with E-state index in [1.165, 1.54) is 6.07 Å². The van der Waals surface area contributed by atoms with Crippen LogP contribution in [-0.4, -0.2) is 5.11 Å². The van der Waals surface area contributed by atoms with Gasteiger partial charge in [0.2, 0.25) is 0 Å². The fraction of sp³-hybridized carbons (Fsp3) is 0.625. The largest absolute Gasteiger partial charge is 0.384 e. The van der Waals surface area contributed by atoms with Crippen LogP contribution in [0.4, 0.5) is 4.39 Å². The molecule has 0 aliphatic heterocycles. The van der Waals surface area contributed by atoms with Crippen LogP contribution in [0.1, 0.15) is 45.6 Å². The molecule has 2 aliphatic carbocycles. The Bertz CT molecular complexity index is 535. The average molecular weight is 327 g/mol. The van der Waals surface area contributed by atoms with Gasteiger partial charge in [-0.3, -0.25) is 0 Å². The van der Waals surface area contributed by atoms with Crippen molar-refractivity contribution < 1.29 is 9.50 Å². The lowest BCUT2D eigenvalue weighted by Crippen LogP contribution is -2.51. The standard InChI is InChI=1S/C16H20BrFO/c1-14(2)10-6-7-15(3,9-10)16(14,19)12-8-11(17)4-5-13(12)18/h4-5,8,10,19H,6-7,9H2,1-3H3. The third kappa shape index (κ3) is 1.49. The number of hydrogen-bond acceptors (Lipinski definition) is 1. The lowest BCUT2D eigenvalue weighted by molar-refractivity contribution is -0.152. The van der Waals surface area contributed by atoms with Crippen LogP contribution in [0.5, 0.6) is 0 Å². The molecule has 0 radical (unpaired) electrons. The molecule has 19 heavy (non-hydrogen) atoms. The monoisotopic (exact) mass is 326 g/mol. The number of aliphatic hydroxyl groups is 1. The lowest BCUT2D eigenvalue weighted by Gasteiger charge is -2.51. The Balaban J connectivity index is 2.24. The fourth-order valence-corrected chi connectivity index (χ4v) is 5.07. The van der Waals surface area contributed by atoms with Gasteiger partial charge in [-0.2, -0.15) is 0 Å². The molecule has 3 heteroatoms. The van der Waals surface area contributed by atoms with Crippen molar-refractivity contribution in [2.75, 3.05) is 0 Å². The van der Waals surface area contributed by atoms with Crippen molar-refractivity contribution in [1.82, 2.24) is 0 Å². The van der Waals surface area contributed by atoms with Crippen LogP contribution in [0, 0.1) is 22.6 Å². The second-order valence-corrected chi connectivity index (χ2v) is 7.97. The van der Waals surface area contributed by atoms with E-state index >= 15 is 0 Å². The van der Waals surface area contributed by atoms with Crippen molar-refractivity contribution in [1.29, 1.82) is 0 Å². The Kier molecular flexibility index (Phi) is 2.73. The van der Waals surface area contributed by atoms with Gasteiger partial charge in [0.05, 0.1) is 0 Å². The van der Waals surface area contributed by atoms with Gasteiger partial charge in [0.15, 0.2) is 0 Å². The van der Waals surface area contributed by atoms with E-state index in [0.29, 0.717) is 11.5 Å². The van der Waals surface area contributed by atoms with Crippen molar-refractivity contribution in [2.45, 2.75) is 45.6 Å². The Hall–Kier alpha value is -0.410. The molecule has 2 saturated carbocycles. The molecule has 0 spiro atoms. The van der Waals surface area contributed by atoms with Crippen LogP contribution in [0.3, 0.4) is 0 Å². The third-order valence-electron chi connectivity index (χ3n) is 5.89. The summed E-state index contributed by atoms with van der Waals surface area (Å²) in [6, 6.07) is 4.89. The van der Waals surface area contributed by atoms with E-state index in [4.69, 9.17) is 0 Å². The third-order valence-corrected chi connectivity index (χ3v) is 6.38. The molecule has 1 aromatic rings. The summed E-state index contributed by atoms with van der Waals surface area (Å²) in [5, 5.41) is 11.5. The molecule has 2 bridgehead atoms. The summed E-state index contributed by atoms with van der Waals surface area (Å²) in [6.45, 7) is 6.28. The average Bonchev–Trinajstić information content (AvgIpc) is 2.80. The topological polar surface area (TPSA) is 20.2 Å². The SMILES string of the molecule is CC12CCC(C1)C(C)(C)C2(O)c1cc(Br)ccc1F. The van der Waals surface area contributed by atoms with Gasteiger partial charge in [0.25, 0.3) is 0 Å². The molecule has 104 valence electrons. The summed E-state index contributed by atoms with van der Waals surface area (Å²) in [5.74, 6) is 0.174. The minimum Gasteiger partial charge on any atom is -0.384 e. The maximum absolute atomic E-state index is 14.3. The maximum Gasteiger partial charge on any atom is 0.129 e. The highest BCUT2D eigenvalue weighted by molar-refractivity contribution is 9.10. The lowest BCUT2D eigenvalue weighted by atomic mass is 9.57. The van der Waals surface area contributed by atoms with Crippen LogP contribution in [0.25, 0.3) is 0 Å². The summed E-state index contributed by atoms with van der Waals surface area (Å²) in [7, 11) is 0. The van der Waals surface area contributed by atoms with Gasteiger partial charge in [-0.15, -0.1) is 0 Å². The van der Waals surface area contributed by atoms with E-state index in [-0.39, 0.29) is 16.6 Å². The van der Waals surface area contributed by atoms with Gasteiger partial charge in [-0.05, 0) is 43.4 Å². The first kappa shape index (κ1) is 13.6. The normalized spacial score (nSPS) is 39.8. The number of halogens is 2. The highest BCUT2D eigenvalue weighted by Gasteiger charge is 2.69. The summed E-state index contributed by atoms with van der Waals surface area (Å²) < 4.78 is 15.1. The van der Waals surface area contributed by atoms with Crippen LogP contribution in [-0.2, 0) is 5.60 Å². The minimum atomic E-state index is -1.09. The summed E-state index contributed by atoms with van der Waals surface area (Å²) >= 11 is 3.40. The van der Waals surface area contributed by atoms with E-state index in [2.05, 4.69) is 36.7 Å². The van der Waals surface area contributed by atoms with E-state index in [1.807, 2.05) is 0 Å². The number of fused-ring (bicyclic) bond motifs is 2. The predicted molar refractivity (Wildman–Crippen MR) is 77.2 cm³/mol. The second kappa shape index (κ2) is 3.82. The van der Waals surface area contributed by atoms with Gasteiger partial charge in [0, 0.05) is 20.9 Å². The molecular formula is C16H20BrFO. The highest BCUT2D eigenvalue weighted by atomic mass is 79.9. The fourth-order valence-electron chi connectivity index (χ4n) is 4.71. The molecular weight excluding hydrogens is 307 g/mol. The van der Waals surface area contributed by atoms with Gasteiger partial charge < -0.3 is 5.11 Å². The smallest absolute Gasteiger partial charge is 0.129 e. The van der Waals surface area contributed by atoms with Crippen molar-refractivity contribution in [3.05, 3.63) is 34.1 Å². The van der Waals surface area contributed by atoms with Crippen molar-refractivity contribution in [3.63, 3.8) is 0 Å². The minimum absolute atomic E-state index is 0.219. The molecule has 1 N–H and O–H groups in total. The first-order chi connectivity index (χ1) is 8.72. The molecule has 0 saturated heterocycles. The Morgan fingerprint density at radius 1 is 1.32 bits per heavy atom. The van der Waals surface area contributed by atoms with E-state index in [1.54, 1.807) is 12.1 Å². The second-order valence-electron chi connectivity index (χ2n) is 7.06. The molecule has 3 atom stereocenters.